The average molecular weight is 378 g/mol. The number of benzene rings is 2. The molecule has 1 atom stereocenters. The molecule has 0 spiro atoms. The predicted molar refractivity (Wildman–Crippen MR) is 96.3 cm³/mol. The van der Waals surface area contributed by atoms with Gasteiger partial charge in [-0.15, -0.1) is 0 Å². The molecule has 0 saturated heterocycles. The van der Waals surface area contributed by atoms with Crippen molar-refractivity contribution in [1.82, 2.24) is 4.31 Å². The van der Waals surface area contributed by atoms with Crippen molar-refractivity contribution < 1.29 is 4.74 Å². The summed E-state index contributed by atoms with van der Waals surface area (Å²) in [6.45, 7) is 6.21. The fraction of sp³-hybridized carbons (Fsp3) is 0.333. The lowest BCUT2D eigenvalue weighted by Crippen LogP contribution is -2.29. The Hall–Kier alpha value is -0.970. The number of ether oxygens (including phenoxy) is 1. The van der Waals surface area contributed by atoms with Crippen LogP contribution in [0, 0.1) is 6.92 Å². The van der Waals surface area contributed by atoms with Crippen molar-refractivity contribution in [3.8, 4) is 5.75 Å². The molecule has 2 aromatic rings. The minimum atomic E-state index is 0.239. The summed E-state index contributed by atoms with van der Waals surface area (Å²) in [7, 11) is 0. The van der Waals surface area contributed by atoms with Crippen molar-refractivity contribution >= 4 is 27.9 Å². The number of para-hydroxylation sites is 1. The first-order valence-corrected chi connectivity index (χ1v) is 9.16. The Morgan fingerprint density at radius 1 is 1.27 bits per heavy atom. The van der Waals surface area contributed by atoms with Crippen molar-refractivity contribution in [3.05, 3.63) is 58.1 Å². The first kappa shape index (κ1) is 15.9. The Bertz CT molecular complexity index is 661. The van der Waals surface area contributed by atoms with Gasteiger partial charge in [-0.1, -0.05) is 41.1 Å². The summed E-state index contributed by atoms with van der Waals surface area (Å²) < 4.78 is 9.70. The first-order chi connectivity index (χ1) is 10.7. The summed E-state index contributed by atoms with van der Waals surface area (Å²) >= 11 is 5.38. The van der Waals surface area contributed by atoms with Gasteiger partial charge in [-0.25, -0.2) is 4.31 Å². The second kappa shape index (κ2) is 7.07. The third kappa shape index (κ3) is 3.67. The normalized spacial score (nSPS) is 18.4. The van der Waals surface area contributed by atoms with Gasteiger partial charge in [-0.3, -0.25) is 0 Å². The van der Waals surface area contributed by atoms with Crippen LogP contribution in [0.2, 0.25) is 0 Å². The largest absolute Gasteiger partial charge is 0.488 e. The molecule has 3 rings (SSSR count). The molecule has 0 saturated carbocycles. The molecule has 0 N–H and O–H groups in total. The zero-order valence-corrected chi connectivity index (χ0v) is 15.3. The first-order valence-electron chi connectivity index (χ1n) is 7.59. The lowest BCUT2D eigenvalue weighted by Gasteiger charge is -2.22. The maximum absolute atomic E-state index is 6.16. The zero-order chi connectivity index (χ0) is 15.5. The number of halogens is 1. The van der Waals surface area contributed by atoms with Gasteiger partial charge in [0.15, 0.2) is 0 Å². The molecule has 1 aliphatic heterocycles. The fourth-order valence-electron chi connectivity index (χ4n) is 2.55. The summed E-state index contributed by atoms with van der Waals surface area (Å²) in [5, 5.41) is 0. The van der Waals surface area contributed by atoms with Crippen LogP contribution in [0.4, 0.5) is 0 Å². The molecular formula is C18H20BrNOS. The molecule has 2 aromatic carbocycles. The molecule has 1 unspecified atom stereocenters. The summed E-state index contributed by atoms with van der Waals surface area (Å²) in [6, 6.07) is 14.8. The maximum Gasteiger partial charge on any atom is 0.134 e. The van der Waals surface area contributed by atoms with Crippen LogP contribution in [0.3, 0.4) is 0 Å². The van der Waals surface area contributed by atoms with E-state index in [1.807, 2.05) is 6.07 Å². The third-order valence-electron chi connectivity index (χ3n) is 3.89. The van der Waals surface area contributed by atoms with Crippen LogP contribution >= 0.6 is 27.9 Å². The highest BCUT2D eigenvalue weighted by Gasteiger charge is 2.23. The number of rotatable bonds is 3. The van der Waals surface area contributed by atoms with Crippen LogP contribution in [0.15, 0.2) is 51.8 Å². The molecule has 0 aliphatic carbocycles. The topological polar surface area (TPSA) is 12.5 Å². The van der Waals surface area contributed by atoms with Gasteiger partial charge in [-0.05, 0) is 60.7 Å². The summed E-state index contributed by atoms with van der Waals surface area (Å²) in [5.74, 6) is 1.01. The lowest BCUT2D eigenvalue weighted by molar-refractivity contribution is 0.170. The van der Waals surface area contributed by atoms with E-state index in [1.54, 1.807) is 11.9 Å². The van der Waals surface area contributed by atoms with Crippen molar-refractivity contribution in [1.29, 1.82) is 0 Å². The van der Waals surface area contributed by atoms with Gasteiger partial charge in [0.1, 0.15) is 11.9 Å². The van der Waals surface area contributed by atoms with Crippen molar-refractivity contribution in [2.45, 2.75) is 37.8 Å². The third-order valence-corrected chi connectivity index (χ3v) is 5.45. The van der Waals surface area contributed by atoms with E-state index in [-0.39, 0.29) is 6.10 Å². The molecule has 0 bridgehead atoms. The molecule has 1 aliphatic rings. The zero-order valence-electron chi connectivity index (χ0n) is 12.9. The number of hydrogen-bond acceptors (Lipinski definition) is 3. The monoisotopic (exact) mass is 377 g/mol. The smallest absolute Gasteiger partial charge is 0.134 e. The van der Waals surface area contributed by atoms with Crippen molar-refractivity contribution in [3.63, 3.8) is 0 Å². The van der Waals surface area contributed by atoms with Gasteiger partial charge in [0, 0.05) is 17.6 Å². The van der Waals surface area contributed by atoms with Crippen molar-refractivity contribution in [2.24, 2.45) is 0 Å². The Labute approximate surface area is 145 Å². The quantitative estimate of drug-likeness (QED) is 0.660. The maximum atomic E-state index is 6.16. The molecule has 0 radical (unpaired) electrons. The number of hydrogen-bond donors (Lipinski definition) is 0. The van der Waals surface area contributed by atoms with Crippen molar-refractivity contribution in [2.75, 3.05) is 6.54 Å². The van der Waals surface area contributed by atoms with E-state index in [4.69, 9.17) is 4.74 Å². The molecule has 0 aromatic heterocycles. The van der Waals surface area contributed by atoms with E-state index in [1.165, 1.54) is 16.0 Å². The summed E-state index contributed by atoms with van der Waals surface area (Å²) in [5.41, 5.74) is 2.69. The van der Waals surface area contributed by atoms with E-state index in [0.29, 0.717) is 0 Å². The highest BCUT2D eigenvalue weighted by molar-refractivity contribution is 9.10. The van der Waals surface area contributed by atoms with Crippen LogP contribution in [0.5, 0.6) is 5.75 Å². The molecule has 0 amide bonds. The highest BCUT2D eigenvalue weighted by atomic mass is 79.9. The van der Waals surface area contributed by atoms with Crippen LogP contribution < -0.4 is 4.74 Å². The molecule has 2 nitrogen and oxygen atoms in total. The van der Waals surface area contributed by atoms with E-state index in [9.17, 15) is 0 Å². The molecule has 116 valence electrons. The number of nitrogens with zero attached hydrogens (tertiary/aromatic N) is 1. The van der Waals surface area contributed by atoms with Gasteiger partial charge in [0.2, 0.25) is 0 Å². The molecule has 1 heterocycles. The van der Waals surface area contributed by atoms with Gasteiger partial charge in [0.05, 0.1) is 4.90 Å². The second-order valence-electron chi connectivity index (χ2n) is 5.58. The number of aryl methyl sites for hydroxylation is 1. The molecular weight excluding hydrogens is 358 g/mol. The van der Waals surface area contributed by atoms with Gasteiger partial charge >= 0.3 is 0 Å². The highest BCUT2D eigenvalue weighted by Crippen LogP contribution is 2.37. The standard InChI is InChI=1S/C18H20BrNOS/c1-3-16-12-20(11-14-10-15(19)9-8-13(14)2)22-18-7-5-4-6-17(18)21-16/h4-10,16H,3,11-12H2,1-2H3. The van der Waals surface area contributed by atoms with E-state index < -0.39 is 0 Å². The summed E-state index contributed by atoms with van der Waals surface area (Å²) in [4.78, 5) is 1.20. The predicted octanol–water partition coefficient (Wildman–Crippen LogP) is 5.44. The Morgan fingerprint density at radius 2 is 2.09 bits per heavy atom. The van der Waals surface area contributed by atoms with Gasteiger partial charge in [0.25, 0.3) is 0 Å². The van der Waals surface area contributed by atoms with E-state index >= 15 is 0 Å². The molecule has 0 fully saturated rings. The Kier molecular flexibility index (Phi) is 5.11. The Balaban J connectivity index is 1.85. The lowest BCUT2D eigenvalue weighted by atomic mass is 10.1. The molecule has 22 heavy (non-hydrogen) atoms. The average Bonchev–Trinajstić information content (AvgIpc) is 2.69. The minimum absolute atomic E-state index is 0.239. The van der Waals surface area contributed by atoms with Crippen LogP contribution in [-0.4, -0.2) is 17.0 Å². The van der Waals surface area contributed by atoms with E-state index in [2.05, 4.69) is 70.5 Å². The SMILES string of the molecule is CCC1CN(Cc2cc(Br)ccc2C)Sc2ccccc2O1. The van der Waals surface area contributed by atoms with Gasteiger partial charge in [-0.2, -0.15) is 0 Å². The fourth-order valence-corrected chi connectivity index (χ4v) is 4.03. The minimum Gasteiger partial charge on any atom is -0.488 e. The number of fused-ring (bicyclic) bond motifs is 1. The van der Waals surface area contributed by atoms with Gasteiger partial charge < -0.3 is 4.74 Å². The second-order valence-corrected chi connectivity index (χ2v) is 7.63. The molecule has 4 heteroatoms. The van der Waals surface area contributed by atoms with E-state index in [0.717, 1.165) is 29.7 Å². The van der Waals surface area contributed by atoms with Crippen LogP contribution in [0.25, 0.3) is 0 Å². The van der Waals surface area contributed by atoms with Crippen LogP contribution in [0.1, 0.15) is 24.5 Å². The summed E-state index contributed by atoms with van der Waals surface area (Å²) in [6.07, 6.45) is 1.26. The van der Waals surface area contributed by atoms with Crippen LogP contribution in [-0.2, 0) is 6.54 Å². The Morgan fingerprint density at radius 3 is 2.91 bits per heavy atom.